The summed E-state index contributed by atoms with van der Waals surface area (Å²) in [5.74, 6) is 2.57. The molecule has 0 aliphatic carbocycles. The van der Waals surface area contributed by atoms with Gasteiger partial charge in [-0.3, -0.25) is 0 Å². The van der Waals surface area contributed by atoms with Crippen LogP contribution in [0.3, 0.4) is 0 Å². The second-order valence-electron chi connectivity index (χ2n) is 5.30. The molecule has 1 aliphatic heterocycles. The monoisotopic (exact) mass is 326 g/mol. The van der Waals surface area contributed by atoms with Crippen molar-refractivity contribution in [1.29, 1.82) is 0 Å². The first-order chi connectivity index (χ1) is 10.8. The van der Waals surface area contributed by atoms with Crippen LogP contribution >= 0.6 is 11.8 Å². The molecule has 1 aliphatic rings. The summed E-state index contributed by atoms with van der Waals surface area (Å²) >= 11 is 1.78. The molecule has 22 heavy (non-hydrogen) atoms. The highest BCUT2D eigenvalue weighted by Gasteiger charge is 2.16. The van der Waals surface area contributed by atoms with Crippen LogP contribution in [0.5, 0.6) is 0 Å². The Kier molecular flexibility index (Phi) is 7.21. The van der Waals surface area contributed by atoms with Gasteiger partial charge in [0.25, 0.3) is 0 Å². The maximum Gasteiger partial charge on any atom is 0.227 e. The van der Waals surface area contributed by atoms with Gasteiger partial charge in [0.1, 0.15) is 5.82 Å². The summed E-state index contributed by atoms with van der Waals surface area (Å²) in [7, 11) is 0. The van der Waals surface area contributed by atoms with Crippen molar-refractivity contribution in [2.24, 2.45) is 0 Å². The van der Waals surface area contributed by atoms with E-state index in [9.17, 15) is 5.11 Å². The van der Waals surface area contributed by atoms with E-state index in [0.717, 1.165) is 62.4 Å². The fraction of sp³-hybridized carbons (Fsp3) is 0.733. The van der Waals surface area contributed by atoms with Crippen molar-refractivity contribution in [2.75, 3.05) is 55.1 Å². The lowest BCUT2D eigenvalue weighted by molar-refractivity contribution is 0.122. The highest BCUT2D eigenvalue weighted by Crippen LogP contribution is 2.17. The lowest BCUT2D eigenvalue weighted by Crippen LogP contribution is -2.37. The molecule has 0 radical (unpaired) electrons. The number of ether oxygens (including phenoxy) is 1. The molecule has 1 saturated heterocycles. The molecule has 0 amide bonds. The largest absolute Gasteiger partial charge is 0.394 e. The van der Waals surface area contributed by atoms with Gasteiger partial charge in [-0.25, -0.2) is 4.98 Å². The number of anilines is 2. The van der Waals surface area contributed by atoms with Crippen LogP contribution in [-0.2, 0) is 11.2 Å². The molecule has 124 valence electrons. The molecule has 0 aromatic carbocycles. The first kappa shape index (κ1) is 17.3. The van der Waals surface area contributed by atoms with E-state index in [0.29, 0.717) is 0 Å². The van der Waals surface area contributed by atoms with Crippen LogP contribution in [0.2, 0.25) is 0 Å². The molecule has 1 atom stereocenters. The van der Waals surface area contributed by atoms with Crippen molar-refractivity contribution < 1.29 is 9.84 Å². The minimum Gasteiger partial charge on any atom is -0.394 e. The lowest BCUT2D eigenvalue weighted by Gasteiger charge is -2.27. The number of hydrogen-bond donors (Lipinski definition) is 2. The topological polar surface area (TPSA) is 70.5 Å². The third-order valence-corrected chi connectivity index (χ3v) is 4.31. The van der Waals surface area contributed by atoms with E-state index < -0.39 is 0 Å². The van der Waals surface area contributed by atoms with Crippen LogP contribution in [0.25, 0.3) is 0 Å². The van der Waals surface area contributed by atoms with Gasteiger partial charge in [0, 0.05) is 24.8 Å². The van der Waals surface area contributed by atoms with Crippen LogP contribution in [0, 0.1) is 0 Å². The van der Waals surface area contributed by atoms with E-state index in [2.05, 4.69) is 33.4 Å². The Bertz CT molecular complexity index is 455. The second-order valence-corrected chi connectivity index (χ2v) is 6.29. The van der Waals surface area contributed by atoms with Crippen LogP contribution < -0.4 is 10.2 Å². The molecule has 2 heterocycles. The van der Waals surface area contributed by atoms with Gasteiger partial charge < -0.3 is 20.1 Å². The molecule has 0 saturated carbocycles. The van der Waals surface area contributed by atoms with E-state index in [-0.39, 0.29) is 12.6 Å². The maximum absolute atomic E-state index is 9.52. The molecule has 7 heteroatoms. The Balaban J connectivity index is 2.11. The van der Waals surface area contributed by atoms with Gasteiger partial charge in [-0.15, -0.1) is 0 Å². The van der Waals surface area contributed by atoms with Gasteiger partial charge in [-0.2, -0.15) is 16.7 Å². The summed E-state index contributed by atoms with van der Waals surface area (Å²) in [5.41, 5.74) is 1.01. The van der Waals surface area contributed by atoms with Crippen molar-refractivity contribution in [3.8, 4) is 0 Å². The number of thioether (sulfide) groups is 1. The van der Waals surface area contributed by atoms with E-state index in [4.69, 9.17) is 4.74 Å². The van der Waals surface area contributed by atoms with Gasteiger partial charge in [-0.1, -0.05) is 6.92 Å². The van der Waals surface area contributed by atoms with E-state index >= 15 is 0 Å². The number of aryl methyl sites for hydroxylation is 1. The fourth-order valence-electron chi connectivity index (χ4n) is 2.32. The average Bonchev–Trinajstić information content (AvgIpc) is 2.59. The van der Waals surface area contributed by atoms with E-state index in [1.807, 2.05) is 6.07 Å². The Hall–Kier alpha value is -1.05. The van der Waals surface area contributed by atoms with Crippen LogP contribution in [-0.4, -0.2) is 66.0 Å². The van der Waals surface area contributed by atoms with Crippen molar-refractivity contribution >= 4 is 23.5 Å². The predicted octanol–water partition coefficient (Wildman–Crippen LogP) is 1.40. The average molecular weight is 326 g/mol. The number of aliphatic hydroxyl groups excluding tert-OH is 1. The molecular weight excluding hydrogens is 300 g/mol. The summed E-state index contributed by atoms with van der Waals surface area (Å²) in [6.07, 6.45) is 3.85. The zero-order valence-corrected chi connectivity index (χ0v) is 14.2. The minimum atomic E-state index is 0.0320. The van der Waals surface area contributed by atoms with Crippen molar-refractivity contribution in [3.63, 3.8) is 0 Å². The highest BCUT2D eigenvalue weighted by atomic mass is 32.2. The van der Waals surface area contributed by atoms with E-state index in [1.54, 1.807) is 11.8 Å². The number of rotatable bonds is 8. The van der Waals surface area contributed by atoms with Crippen molar-refractivity contribution in [3.05, 3.63) is 11.8 Å². The predicted molar refractivity (Wildman–Crippen MR) is 91.9 cm³/mol. The van der Waals surface area contributed by atoms with E-state index in [1.165, 1.54) is 0 Å². The SMILES string of the molecule is CCc1cc(N[C@H](CO)CCSC)nc(N2CCOCC2)n1. The van der Waals surface area contributed by atoms with Gasteiger partial charge in [-0.05, 0) is 24.9 Å². The number of nitrogens with one attached hydrogen (secondary N) is 1. The van der Waals surface area contributed by atoms with Crippen LogP contribution in [0.15, 0.2) is 6.07 Å². The van der Waals surface area contributed by atoms with Crippen LogP contribution in [0.1, 0.15) is 19.0 Å². The Morgan fingerprint density at radius 2 is 2.18 bits per heavy atom. The van der Waals surface area contributed by atoms with Crippen LogP contribution in [0.4, 0.5) is 11.8 Å². The molecule has 2 N–H and O–H groups in total. The molecule has 0 spiro atoms. The number of aromatic nitrogens is 2. The van der Waals surface area contributed by atoms with Crippen molar-refractivity contribution in [2.45, 2.75) is 25.8 Å². The summed E-state index contributed by atoms with van der Waals surface area (Å²) < 4.78 is 5.39. The Labute approximate surface area is 136 Å². The molecular formula is C15H26N4O2S. The fourth-order valence-corrected chi connectivity index (χ4v) is 2.84. The van der Waals surface area contributed by atoms with Gasteiger partial charge in [0.2, 0.25) is 5.95 Å². The van der Waals surface area contributed by atoms with Crippen molar-refractivity contribution in [1.82, 2.24) is 9.97 Å². The number of morpholine rings is 1. The third-order valence-electron chi connectivity index (χ3n) is 3.67. The highest BCUT2D eigenvalue weighted by molar-refractivity contribution is 7.98. The van der Waals surface area contributed by atoms with Gasteiger partial charge in [0.15, 0.2) is 0 Å². The lowest BCUT2D eigenvalue weighted by atomic mass is 10.2. The first-order valence-corrected chi connectivity index (χ1v) is 9.23. The summed E-state index contributed by atoms with van der Waals surface area (Å²) in [5, 5.41) is 12.9. The quantitative estimate of drug-likeness (QED) is 0.748. The molecule has 0 unspecified atom stereocenters. The smallest absolute Gasteiger partial charge is 0.227 e. The summed E-state index contributed by atoms with van der Waals surface area (Å²) in [4.78, 5) is 11.4. The Morgan fingerprint density at radius 3 is 2.82 bits per heavy atom. The second kappa shape index (κ2) is 9.17. The summed E-state index contributed by atoms with van der Waals surface area (Å²) in [6, 6.07) is 2.01. The molecule has 1 aromatic rings. The molecule has 2 rings (SSSR count). The minimum absolute atomic E-state index is 0.0320. The zero-order chi connectivity index (χ0) is 15.8. The normalized spacial score (nSPS) is 16.6. The van der Waals surface area contributed by atoms with Gasteiger partial charge >= 0.3 is 0 Å². The standard InChI is InChI=1S/C15H26N4O2S/c1-3-12-10-14(16-13(11-20)4-9-22-2)18-15(17-12)19-5-7-21-8-6-19/h10,13,20H,3-9,11H2,1-2H3,(H,16,17,18)/t13-/m0/s1. The molecule has 6 nitrogen and oxygen atoms in total. The molecule has 1 fully saturated rings. The molecule has 1 aromatic heterocycles. The number of hydrogen-bond acceptors (Lipinski definition) is 7. The number of nitrogens with zero attached hydrogens (tertiary/aromatic N) is 3. The Morgan fingerprint density at radius 1 is 1.41 bits per heavy atom. The maximum atomic E-state index is 9.52. The third kappa shape index (κ3) is 5.00. The first-order valence-electron chi connectivity index (χ1n) is 7.83. The zero-order valence-electron chi connectivity index (χ0n) is 13.4. The number of aliphatic hydroxyl groups is 1. The molecule has 0 bridgehead atoms. The van der Waals surface area contributed by atoms with Gasteiger partial charge in [0.05, 0.1) is 25.9 Å². The summed E-state index contributed by atoms with van der Waals surface area (Å²) in [6.45, 7) is 5.28.